The van der Waals surface area contributed by atoms with E-state index in [-0.39, 0.29) is 17.2 Å². The van der Waals surface area contributed by atoms with Crippen LogP contribution in [-0.2, 0) is 16.1 Å². The average Bonchev–Trinajstić information content (AvgIpc) is 2.71. The number of rotatable bonds is 5. The Hall–Kier alpha value is -1.52. The molecular weight excluding hydrogens is 278 g/mol. The van der Waals surface area contributed by atoms with Crippen molar-refractivity contribution in [2.24, 2.45) is 0 Å². The monoisotopic (exact) mass is 295 g/mol. The number of amides is 1. The van der Waals surface area contributed by atoms with Crippen LogP contribution in [0, 0.1) is 0 Å². The van der Waals surface area contributed by atoms with Crippen molar-refractivity contribution in [2.45, 2.75) is 26.1 Å². The predicted octanol–water partition coefficient (Wildman–Crippen LogP) is 2.91. The van der Waals surface area contributed by atoms with Gasteiger partial charge in [-0.05, 0) is 24.1 Å². The van der Waals surface area contributed by atoms with Crippen molar-refractivity contribution in [2.75, 3.05) is 14.2 Å². The standard InChI is InChI=1S/C15H18ClNO3/c1-4-12-13(16)14(18)17(15(12)20-3)9-10-5-7-11(19-2)8-6-10/h5-8,15H,4,9H2,1-3H3. The van der Waals surface area contributed by atoms with E-state index in [0.717, 1.165) is 16.9 Å². The molecule has 5 heteroatoms. The van der Waals surface area contributed by atoms with Crippen molar-refractivity contribution in [3.05, 3.63) is 40.4 Å². The molecular formula is C15H18ClNO3. The zero-order chi connectivity index (χ0) is 14.7. The molecule has 2 rings (SSSR count). The summed E-state index contributed by atoms with van der Waals surface area (Å²) in [6, 6.07) is 7.59. The highest BCUT2D eigenvalue weighted by Crippen LogP contribution is 2.32. The molecule has 0 bridgehead atoms. The van der Waals surface area contributed by atoms with Crippen LogP contribution in [0.25, 0.3) is 0 Å². The molecule has 0 N–H and O–H groups in total. The van der Waals surface area contributed by atoms with E-state index >= 15 is 0 Å². The number of carbonyl (C=O) groups is 1. The van der Waals surface area contributed by atoms with Gasteiger partial charge in [-0.15, -0.1) is 0 Å². The van der Waals surface area contributed by atoms with Crippen LogP contribution in [0.3, 0.4) is 0 Å². The summed E-state index contributed by atoms with van der Waals surface area (Å²) in [5.74, 6) is 0.612. The largest absolute Gasteiger partial charge is 0.497 e. The molecule has 0 aliphatic carbocycles. The van der Waals surface area contributed by atoms with Gasteiger partial charge in [0.25, 0.3) is 5.91 Å². The Morgan fingerprint density at radius 3 is 2.40 bits per heavy atom. The fraction of sp³-hybridized carbons (Fsp3) is 0.400. The Morgan fingerprint density at radius 2 is 1.90 bits per heavy atom. The summed E-state index contributed by atoms with van der Waals surface area (Å²) in [7, 11) is 3.21. The first-order valence-electron chi connectivity index (χ1n) is 6.47. The quantitative estimate of drug-likeness (QED) is 0.838. The number of carbonyl (C=O) groups excluding carboxylic acids is 1. The summed E-state index contributed by atoms with van der Waals surface area (Å²) < 4.78 is 10.5. The first kappa shape index (κ1) is 14.9. The van der Waals surface area contributed by atoms with E-state index in [4.69, 9.17) is 21.1 Å². The molecule has 0 aromatic heterocycles. The van der Waals surface area contributed by atoms with Crippen molar-refractivity contribution in [3.8, 4) is 5.75 Å². The molecule has 1 aliphatic heterocycles. The molecule has 1 unspecified atom stereocenters. The van der Waals surface area contributed by atoms with Gasteiger partial charge in [-0.1, -0.05) is 30.7 Å². The van der Waals surface area contributed by atoms with Crippen molar-refractivity contribution in [1.82, 2.24) is 4.90 Å². The van der Waals surface area contributed by atoms with E-state index in [1.807, 2.05) is 31.2 Å². The zero-order valence-electron chi connectivity index (χ0n) is 11.9. The minimum absolute atomic E-state index is 0.175. The SMILES string of the molecule is CCC1=C(Cl)C(=O)N(Cc2ccc(OC)cc2)C1OC. The lowest BCUT2D eigenvalue weighted by Gasteiger charge is -2.25. The average molecular weight is 296 g/mol. The first-order chi connectivity index (χ1) is 9.62. The van der Waals surface area contributed by atoms with E-state index in [1.54, 1.807) is 19.1 Å². The van der Waals surface area contributed by atoms with Gasteiger partial charge in [-0.3, -0.25) is 4.79 Å². The molecule has 108 valence electrons. The molecule has 1 atom stereocenters. The maximum atomic E-state index is 12.2. The molecule has 0 spiro atoms. The summed E-state index contributed by atoms with van der Waals surface area (Å²) in [4.78, 5) is 13.8. The highest BCUT2D eigenvalue weighted by Gasteiger charge is 2.37. The van der Waals surface area contributed by atoms with Gasteiger partial charge in [0.05, 0.1) is 7.11 Å². The second-order valence-electron chi connectivity index (χ2n) is 4.56. The van der Waals surface area contributed by atoms with Gasteiger partial charge >= 0.3 is 0 Å². The van der Waals surface area contributed by atoms with Crippen LogP contribution in [0.5, 0.6) is 5.75 Å². The second-order valence-corrected chi connectivity index (χ2v) is 4.94. The summed E-state index contributed by atoms with van der Waals surface area (Å²) in [6.45, 7) is 2.43. The number of nitrogens with zero attached hydrogens (tertiary/aromatic N) is 1. The lowest BCUT2D eigenvalue weighted by atomic mass is 10.2. The van der Waals surface area contributed by atoms with Crippen LogP contribution in [0.1, 0.15) is 18.9 Å². The predicted molar refractivity (Wildman–Crippen MR) is 77.5 cm³/mol. The van der Waals surface area contributed by atoms with Crippen molar-refractivity contribution < 1.29 is 14.3 Å². The Bertz CT molecular complexity index is 524. The van der Waals surface area contributed by atoms with Gasteiger partial charge in [0, 0.05) is 19.2 Å². The van der Waals surface area contributed by atoms with Gasteiger partial charge in [0.2, 0.25) is 0 Å². The fourth-order valence-corrected chi connectivity index (χ4v) is 2.68. The summed E-state index contributed by atoms with van der Waals surface area (Å²) in [5, 5.41) is 0.285. The summed E-state index contributed by atoms with van der Waals surface area (Å²) >= 11 is 6.10. The Labute approximate surface area is 123 Å². The second kappa shape index (κ2) is 6.29. The highest BCUT2D eigenvalue weighted by molar-refractivity contribution is 6.43. The number of methoxy groups -OCH3 is 2. The van der Waals surface area contributed by atoms with Crippen molar-refractivity contribution >= 4 is 17.5 Å². The van der Waals surface area contributed by atoms with Gasteiger partial charge in [0.15, 0.2) is 6.23 Å². The van der Waals surface area contributed by atoms with Gasteiger partial charge in [-0.2, -0.15) is 0 Å². The van der Waals surface area contributed by atoms with E-state index in [0.29, 0.717) is 13.0 Å². The molecule has 4 nitrogen and oxygen atoms in total. The molecule has 1 aliphatic rings. The number of ether oxygens (including phenoxy) is 2. The smallest absolute Gasteiger partial charge is 0.268 e. The molecule has 1 aromatic carbocycles. The summed E-state index contributed by atoms with van der Waals surface area (Å²) in [5.41, 5.74) is 1.84. The third-order valence-corrected chi connectivity index (χ3v) is 3.83. The molecule has 1 amide bonds. The fourth-order valence-electron chi connectivity index (χ4n) is 2.35. The normalized spacial score (nSPS) is 18.9. The van der Waals surface area contributed by atoms with Crippen LogP contribution in [-0.4, -0.2) is 31.3 Å². The van der Waals surface area contributed by atoms with Crippen LogP contribution in [0.4, 0.5) is 0 Å². The molecule has 0 radical (unpaired) electrons. The summed E-state index contributed by atoms with van der Waals surface area (Å²) in [6.07, 6.45) is 0.324. The van der Waals surface area contributed by atoms with Crippen LogP contribution < -0.4 is 4.74 Å². The van der Waals surface area contributed by atoms with Gasteiger partial charge in [0.1, 0.15) is 10.8 Å². The first-order valence-corrected chi connectivity index (χ1v) is 6.85. The topological polar surface area (TPSA) is 38.8 Å². The number of halogens is 1. The highest BCUT2D eigenvalue weighted by atomic mass is 35.5. The number of benzene rings is 1. The molecule has 1 heterocycles. The third kappa shape index (κ3) is 2.67. The van der Waals surface area contributed by atoms with E-state index in [1.165, 1.54) is 0 Å². The molecule has 0 fully saturated rings. The van der Waals surface area contributed by atoms with Gasteiger partial charge < -0.3 is 14.4 Å². The van der Waals surface area contributed by atoms with Gasteiger partial charge in [-0.25, -0.2) is 0 Å². The minimum Gasteiger partial charge on any atom is -0.497 e. The Kier molecular flexibility index (Phi) is 4.68. The Morgan fingerprint density at radius 1 is 1.25 bits per heavy atom. The zero-order valence-corrected chi connectivity index (χ0v) is 12.6. The molecule has 0 saturated heterocycles. The minimum atomic E-state index is -0.373. The number of hydrogen-bond donors (Lipinski definition) is 0. The molecule has 1 aromatic rings. The van der Waals surface area contributed by atoms with E-state index in [9.17, 15) is 4.79 Å². The van der Waals surface area contributed by atoms with E-state index in [2.05, 4.69) is 0 Å². The molecule has 20 heavy (non-hydrogen) atoms. The van der Waals surface area contributed by atoms with Crippen LogP contribution in [0.2, 0.25) is 0 Å². The van der Waals surface area contributed by atoms with Crippen molar-refractivity contribution in [3.63, 3.8) is 0 Å². The van der Waals surface area contributed by atoms with E-state index < -0.39 is 0 Å². The Balaban J connectivity index is 2.18. The van der Waals surface area contributed by atoms with Crippen LogP contribution >= 0.6 is 11.6 Å². The molecule has 0 saturated carbocycles. The number of hydrogen-bond acceptors (Lipinski definition) is 3. The van der Waals surface area contributed by atoms with Crippen molar-refractivity contribution in [1.29, 1.82) is 0 Å². The lowest BCUT2D eigenvalue weighted by Crippen LogP contribution is -2.36. The van der Waals surface area contributed by atoms with Crippen LogP contribution in [0.15, 0.2) is 34.9 Å². The third-order valence-electron chi connectivity index (χ3n) is 3.43. The maximum absolute atomic E-state index is 12.2. The maximum Gasteiger partial charge on any atom is 0.268 e. The lowest BCUT2D eigenvalue weighted by molar-refractivity contribution is -0.133.